The number of rotatable bonds is 1. The van der Waals surface area contributed by atoms with Crippen LogP contribution in [0.2, 0.25) is 0 Å². The van der Waals surface area contributed by atoms with Crippen LogP contribution < -0.4 is 9.64 Å². The summed E-state index contributed by atoms with van der Waals surface area (Å²) < 4.78 is 16.1. The van der Waals surface area contributed by atoms with Gasteiger partial charge in [0.2, 0.25) is 0 Å². The van der Waals surface area contributed by atoms with Gasteiger partial charge in [-0.1, -0.05) is 29.3 Å². The van der Waals surface area contributed by atoms with Crippen molar-refractivity contribution < 1.29 is 23.8 Å². The molecule has 0 unspecified atom stereocenters. The van der Waals surface area contributed by atoms with Gasteiger partial charge in [-0.3, -0.25) is 9.69 Å². The lowest BCUT2D eigenvalue weighted by Crippen LogP contribution is -2.50. The van der Waals surface area contributed by atoms with Gasteiger partial charge < -0.3 is 14.2 Å². The second-order valence-electron chi connectivity index (χ2n) is 7.98. The molecule has 6 nitrogen and oxygen atoms in total. The van der Waals surface area contributed by atoms with Crippen molar-refractivity contribution in [1.29, 1.82) is 0 Å². The molecule has 5 atom stereocenters. The number of carbonyl (C=O) groups is 2. The van der Waals surface area contributed by atoms with E-state index < -0.39 is 12.1 Å². The minimum absolute atomic E-state index is 0.0857. The average molecular weight is 415 g/mol. The highest BCUT2D eigenvalue weighted by Crippen LogP contribution is 2.56. The van der Waals surface area contributed by atoms with Crippen molar-refractivity contribution in [3.05, 3.63) is 47.1 Å². The Labute approximate surface area is 180 Å². The van der Waals surface area contributed by atoms with Crippen LogP contribution in [0.25, 0.3) is 0 Å². The van der Waals surface area contributed by atoms with Gasteiger partial charge in [0.25, 0.3) is 0 Å². The Hall–Kier alpha value is -3.64. The van der Waals surface area contributed by atoms with E-state index in [4.69, 9.17) is 14.2 Å². The number of hydrogen-bond donors (Lipinski definition) is 0. The SMILES string of the molecule is COC(=O)N1c2ccc(OC)cc2[C@H]2C3=C(C)[C@H]4COC(=O)[C@@H]4[C@H]2C#C/C=C\C#C[C@H]31. The van der Waals surface area contributed by atoms with E-state index in [-0.39, 0.29) is 29.6 Å². The first kappa shape index (κ1) is 19.3. The zero-order chi connectivity index (χ0) is 21.7. The zero-order valence-corrected chi connectivity index (χ0v) is 17.5. The van der Waals surface area contributed by atoms with Gasteiger partial charge in [-0.2, -0.15) is 0 Å². The lowest BCUT2D eigenvalue weighted by atomic mass is 9.60. The summed E-state index contributed by atoms with van der Waals surface area (Å²) in [5.41, 5.74) is 3.59. The Morgan fingerprint density at radius 2 is 1.97 bits per heavy atom. The molecule has 2 heterocycles. The third kappa shape index (κ3) is 2.75. The van der Waals surface area contributed by atoms with E-state index in [1.807, 2.05) is 25.1 Å². The molecule has 0 spiro atoms. The molecule has 2 aliphatic heterocycles. The van der Waals surface area contributed by atoms with Gasteiger partial charge >= 0.3 is 12.1 Å². The van der Waals surface area contributed by atoms with Crippen LogP contribution in [0.15, 0.2) is 41.5 Å². The van der Waals surface area contributed by atoms with Crippen LogP contribution in [0.1, 0.15) is 18.4 Å². The number of benzene rings is 1. The van der Waals surface area contributed by atoms with E-state index in [9.17, 15) is 9.59 Å². The van der Waals surface area contributed by atoms with Crippen molar-refractivity contribution in [3.63, 3.8) is 0 Å². The highest BCUT2D eigenvalue weighted by molar-refractivity contribution is 5.93. The molecule has 1 saturated heterocycles. The summed E-state index contributed by atoms with van der Waals surface area (Å²) in [6.45, 7) is 2.34. The molecule has 4 aliphatic rings. The molecule has 31 heavy (non-hydrogen) atoms. The Balaban J connectivity index is 1.86. The fourth-order valence-electron chi connectivity index (χ4n) is 5.31. The second-order valence-corrected chi connectivity index (χ2v) is 7.98. The van der Waals surface area contributed by atoms with Crippen molar-refractivity contribution in [1.82, 2.24) is 0 Å². The molecular formula is C25H21NO5. The first-order valence-electron chi connectivity index (χ1n) is 10.2. The van der Waals surface area contributed by atoms with E-state index in [1.165, 1.54) is 7.11 Å². The van der Waals surface area contributed by atoms with E-state index in [0.717, 1.165) is 16.7 Å². The quantitative estimate of drug-likeness (QED) is 0.401. The second kappa shape index (κ2) is 7.25. The molecule has 2 aliphatic carbocycles. The monoisotopic (exact) mass is 415 g/mol. The highest BCUT2D eigenvalue weighted by Gasteiger charge is 2.55. The van der Waals surface area contributed by atoms with Crippen LogP contribution >= 0.6 is 0 Å². The fourth-order valence-corrected chi connectivity index (χ4v) is 5.31. The Kier molecular flexibility index (Phi) is 4.52. The lowest BCUT2D eigenvalue weighted by molar-refractivity contribution is -0.142. The van der Waals surface area contributed by atoms with Crippen molar-refractivity contribution in [2.24, 2.45) is 17.8 Å². The lowest BCUT2D eigenvalue weighted by Gasteiger charge is -2.47. The summed E-state index contributed by atoms with van der Waals surface area (Å²) >= 11 is 0. The molecular weight excluding hydrogens is 394 g/mol. The molecule has 0 aromatic heterocycles. The zero-order valence-electron chi connectivity index (χ0n) is 17.5. The first-order valence-corrected chi connectivity index (χ1v) is 10.2. The molecule has 6 heteroatoms. The van der Waals surface area contributed by atoms with Gasteiger partial charge in [-0.15, -0.1) is 0 Å². The molecule has 1 aromatic carbocycles. The van der Waals surface area contributed by atoms with Gasteiger partial charge in [-0.25, -0.2) is 4.79 Å². The smallest absolute Gasteiger partial charge is 0.415 e. The van der Waals surface area contributed by atoms with Crippen molar-refractivity contribution in [3.8, 4) is 29.4 Å². The molecule has 1 amide bonds. The molecule has 0 saturated carbocycles. The molecule has 4 bridgehead atoms. The number of fused-ring (bicyclic) bond motifs is 3. The average Bonchev–Trinajstić information content (AvgIpc) is 3.17. The number of hydrogen-bond acceptors (Lipinski definition) is 5. The normalized spacial score (nSPS) is 30.5. The first-order chi connectivity index (χ1) is 15.1. The molecule has 0 radical (unpaired) electrons. The summed E-state index contributed by atoms with van der Waals surface area (Å²) in [6, 6.07) is 5.05. The van der Waals surface area contributed by atoms with Gasteiger partial charge in [0.05, 0.1) is 32.4 Å². The standard InChI is InChI=1S/C25H21NO5/c1-14-18-13-31-24(27)23(18)16-8-6-4-5-7-9-20-21(14)22(16)17-12-15(29-2)10-11-19(17)26(20)25(28)30-3/h4-5,10-12,16,18,20,22-23H,13H2,1-3H3/b5-4-/t16-,18+,20+,22-,23+/m0/s1. The van der Waals surface area contributed by atoms with Gasteiger partial charge in [0.15, 0.2) is 0 Å². The van der Waals surface area contributed by atoms with Crippen LogP contribution in [0.3, 0.4) is 0 Å². The summed E-state index contributed by atoms with van der Waals surface area (Å²) in [5, 5.41) is 0. The molecule has 1 aromatic rings. The number of esters is 1. The molecule has 1 fully saturated rings. The van der Waals surface area contributed by atoms with E-state index in [2.05, 4.69) is 23.7 Å². The minimum atomic E-state index is -0.526. The van der Waals surface area contributed by atoms with Gasteiger partial charge in [0, 0.05) is 17.8 Å². The maximum absolute atomic E-state index is 12.9. The van der Waals surface area contributed by atoms with Gasteiger partial charge in [-0.05, 0) is 48.4 Å². The van der Waals surface area contributed by atoms with Crippen molar-refractivity contribution >= 4 is 17.7 Å². The van der Waals surface area contributed by atoms with E-state index >= 15 is 0 Å². The number of anilines is 1. The van der Waals surface area contributed by atoms with E-state index in [0.29, 0.717) is 18.0 Å². The number of carbonyl (C=O) groups excluding carboxylic acids is 2. The summed E-state index contributed by atoms with van der Waals surface area (Å²) in [6.07, 6.45) is 2.86. The van der Waals surface area contributed by atoms with Crippen molar-refractivity contribution in [2.75, 3.05) is 25.7 Å². The van der Waals surface area contributed by atoms with Crippen LogP contribution in [0.4, 0.5) is 10.5 Å². The van der Waals surface area contributed by atoms with Crippen LogP contribution in [0.5, 0.6) is 5.75 Å². The number of methoxy groups -OCH3 is 2. The maximum Gasteiger partial charge on any atom is 0.415 e. The van der Waals surface area contributed by atoms with Gasteiger partial charge in [0.1, 0.15) is 11.8 Å². The number of ether oxygens (including phenoxy) is 3. The number of nitrogens with zero attached hydrogens (tertiary/aromatic N) is 1. The third-order valence-corrected chi connectivity index (χ3v) is 6.68. The number of amides is 1. The summed E-state index contributed by atoms with van der Waals surface area (Å²) in [7, 11) is 2.96. The summed E-state index contributed by atoms with van der Waals surface area (Å²) in [4.78, 5) is 27.3. The van der Waals surface area contributed by atoms with E-state index in [1.54, 1.807) is 24.2 Å². The summed E-state index contributed by atoms with van der Waals surface area (Å²) in [5.74, 6) is 12.2. The number of cyclic esters (lactones) is 1. The Morgan fingerprint density at radius 3 is 2.71 bits per heavy atom. The Bertz CT molecular complexity index is 1170. The van der Waals surface area contributed by atoms with Crippen LogP contribution in [0, 0.1) is 41.4 Å². The van der Waals surface area contributed by atoms with Crippen LogP contribution in [-0.4, -0.2) is 38.9 Å². The van der Waals surface area contributed by atoms with Crippen molar-refractivity contribution in [2.45, 2.75) is 18.9 Å². The molecule has 156 valence electrons. The fraction of sp³-hybridized carbons (Fsp3) is 0.360. The molecule has 5 rings (SSSR count). The predicted molar refractivity (Wildman–Crippen MR) is 113 cm³/mol. The Morgan fingerprint density at radius 1 is 1.19 bits per heavy atom. The highest BCUT2D eigenvalue weighted by atomic mass is 16.5. The maximum atomic E-state index is 12.9. The predicted octanol–water partition coefficient (Wildman–Crippen LogP) is 3.05. The molecule has 0 N–H and O–H groups in total. The minimum Gasteiger partial charge on any atom is -0.497 e. The third-order valence-electron chi connectivity index (χ3n) is 6.68. The number of allylic oxidation sites excluding steroid dienone is 2. The largest absolute Gasteiger partial charge is 0.497 e. The van der Waals surface area contributed by atoms with Crippen LogP contribution in [-0.2, 0) is 14.3 Å². The topological polar surface area (TPSA) is 65.1 Å².